The summed E-state index contributed by atoms with van der Waals surface area (Å²) in [5, 5.41) is 8.04. The van der Waals surface area contributed by atoms with E-state index in [4.69, 9.17) is 4.74 Å². The lowest BCUT2D eigenvalue weighted by Crippen LogP contribution is -2.20. The van der Waals surface area contributed by atoms with Crippen LogP contribution in [0.4, 0.5) is 5.69 Å². The Kier molecular flexibility index (Phi) is 4.70. The number of nitrogens with one attached hydrogen (secondary N) is 1. The zero-order chi connectivity index (χ0) is 18.0. The molecule has 0 aliphatic heterocycles. The minimum atomic E-state index is -0.222. The van der Waals surface area contributed by atoms with Crippen molar-refractivity contribution in [1.82, 2.24) is 14.8 Å². The van der Waals surface area contributed by atoms with Crippen molar-refractivity contribution in [3.8, 4) is 5.75 Å². The van der Waals surface area contributed by atoms with Crippen LogP contribution in [0.5, 0.6) is 5.75 Å². The molecule has 1 N–H and O–H groups in total. The van der Waals surface area contributed by atoms with E-state index >= 15 is 0 Å². The summed E-state index contributed by atoms with van der Waals surface area (Å²) in [5.74, 6) is 0.532. The molecule has 130 valence electrons. The van der Waals surface area contributed by atoms with Gasteiger partial charge in [0.15, 0.2) is 12.3 Å². The Bertz CT molecular complexity index is 895. The molecule has 1 aromatic carbocycles. The smallest absolute Gasteiger partial charge is 0.262 e. The van der Waals surface area contributed by atoms with Crippen LogP contribution in [0, 0.1) is 13.8 Å². The average Bonchev–Trinajstić information content (AvgIpc) is 2.97. The summed E-state index contributed by atoms with van der Waals surface area (Å²) in [4.78, 5) is 16.6. The van der Waals surface area contributed by atoms with E-state index in [1.165, 1.54) is 0 Å². The first-order valence-electron chi connectivity index (χ1n) is 8.28. The van der Waals surface area contributed by atoms with Crippen molar-refractivity contribution in [3.63, 3.8) is 0 Å². The van der Waals surface area contributed by atoms with E-state index in [9.17, 15) is 4.79 Å². The van der Waals surface area contributed by atoms with Gasteiger partial charge in [-0.2, -0.15) is 5.10 Å². The summed E-state index contributed by atoms with van der Waals surface area (Å²) in [6.45, 7) is 7.98. The van der Waals surface area contributed by atoms with Gasteiger partial charge in [0.05, 0.1) is 18.1 Å². The number of rotatable bonds is 5. The van der Waals surface area contributed by atoms with Gasteiger partial charge >= 0.3 is 0 Å². The number of carbonyl (C=O) groups excluding carboxylic acids is 1. The first-order valence-corrected chi connectivity index (χ1v) is 8.28. The molecule has 0 atom stereocenters. The fraction of sp³-hybridized carbons (Fsp3) is 0.316. The van der Waals surface area contributed by atoms with Gasteiger partial charge in [0.1, 0.15) is 5.75 Å². The second-order valence-corrected chi connectivity index (χ2v) is 6.38. The Hall–Kier alpha value is -2.89. The minimum absolute atomic E-state index is 0.0466. The topological polar surface area (TPSA) is 69.0 Å². The van der Waals surface area contributed by atoms with E-state index in [1.807, 2.05) is 42.8 Å². The highest BCUT2D eigenvalue weighted by atomic mass is 16.5. The standard InChI is InChI=1S/C19H22N4O2/c1-12(2)23-19-15(9-21-23)8-16(10-20-19)22-17(24)11-25-18-13(3)6-5-7-14(18)4/h5-10,12H,11H2,1-4H3,(H,22,24). The van der Waals surface area contributed by atoms with Crippen LogP contribution in [0.1, 0.15) is 31.0 Å². The van der Waals surface area contributed by atoms with E-state index in [0.29, 0.717) is 5.69 Å². The van der Waals surface area contributed by atoms with Gasteiger partial charge in [0.2, 0.25) is 0 Å². The zero-order valence-corrected chi connectivity index (χ0v) is 14.9. The molecular formula is C19H22N4O2. The van der Waals surface area contributed by atoms with Crippen molar-refractivity contribution in [3.05, 3.63) is 47.8 Å². The van der Waals surface area contributed by atoms with Gasteiger partial charge in [0.25, 0.3) is 5.91 Å². The van der Waals surface area contributed by atoms with Crippen molar-refractivity contribution in [2.45, 2.75) is 33.7 Å². The minimum Gasteiger partial charge on any atom is -0.483 e. The number of hydrogen-bond donors (Lipinski definition) is 1. The molecule has 3 rings (SSSR count). The molecule has 1 amide bonds. The van der Waals surface area contributed by atoms with Gasteiger partial charge in [-0.1, -0.05) is 18.2 Å². The summed E-state index contributed by atoms with van der Waals surface area (Å²) in [6, 6.07) is 7.99. The van der Waals surface area contributed by atoms with Crippen LogP contribution in [0.2, 0.25) is 0 Å². The number of nitrogens with zero attached hydrogens (tertiary/aromatic N) is 3. The lowest BCUT2D eigenvalue weighted by atomic mass is 10.1. The number of carbonyl (C=O) groups is 1. The molecule has 0 aliphatic carbocycles. The summed E-state index contributed by atoms with van der Waals surface area (Å²) in [5.41, 5.74) is 3.46. The normalized spacial score (nSPS) is 11.1. The lowest BCUT2D eigenvalue weighted by Gasteiger charge is -2.12. The van der Waals surface area contributed by atoms with Crippen LogP contribution in [0.3, 0.4) is 0 Å². The number of aromatic nitrogens is 3. The number of benzene rings is 1. The quantitative estimate of drug-likeness (QED) is 0.771. The van der Waals surface area contributed by atoms with Crippen molar-refractivity contribution in [1.29, 1.82) is 0 Å². The van der Waals surface area contributed by atoms with E-state index in [1.54, 1.807) is 12.4 Å². The third kappa shape index (κ3) is 3.63. The largest absolute Gasteiger partial charge is 0.483 e. The molecule has 25 heavy (non-hydrogen) atoms. The van der Waals surface area contributed by atoms with Crippen molar-refractivity contribution in [2.75, 3.05) is 11.9 Å². The van der Waals surface area contributed by atoms with Crippen LogP contribution in [-0.4, -0.2) is 27.3 Å². The van der Waals surface area contributed by atoms with Crippen molar-refractivity contribution in [2.24, 2.45) is 0 Å². The number of aryl methyl sites for hydroxylation is 2. The van der Waals surface area contributed by atoms with E-state index in [0.717, 1.165) is 27.9 Å². The van der Waals surface area contributed by atoms with Gasteiger partial charge in [0, 0.05) is 11.4 Å². The number of fused-ring (bicyclic) bond motifs is 1. The van der Waals surface area contributed by atoms with E-state index < -0.39 is 0 Å². The van der Waals surface area contributed by atoms with Crippen LogP contribution >= 0.6 is 0 Å². The number of amides is 1. The summed E-state index contributed by atoms with van der Waals surface area (Å²) in [6.07, 6.45) is 3.39. The molecule has 6 heteroatoms. The van der Waals surface area contributed by atoms with Gasteiger partial charge in [-0.3, -0.25) is 4.79 Å². The molecule has 0 bridgehead atoms. The monoisotopic (exact) mass is 338 g/mol. The Morgan fingerprint density at radius 2 is 1.96 bits per heavy atom. The van der Waals surface area contributed by atoms with Gasteiger partial charge in [-0.25, -0.2) is 9.67 Å². The lowest BCUT2D eigenvalue weighted by molar-refractivity contribution is -0.118. The third-order valence-corrected chi connectivity index (χ3v) is 3.96. The highest BCUT2D eigenvalue weighted by Gasteiger charge is 2.11. The number of hydrogen-bond acceptors (Lipinski definition) is 4. The van der Waals surface area contributed by atoms with Crippen molar-refractivity contribution >= 4 is 22.6 Å². The molecule has 2 heterocycles. The Labute approximate surface area is 146 Å². The summed E-state index contributed by atoms with van der Waals surface area (Å²) < 4.78 is 7.53. The molecule has 0 unspecified atom stereocenters. The maximum atomic E-state index is 12.2. The van der Waals surface area contributed by atoms with E-state index in [-0.39, 0.29) is 18.6 Å². The van der Waals surface area contributed by atoms with E-state index in [2.05, 4.69) is 29.2 Å². The van der Waals surface area contributed by atoms with Crippen LogP contribution in [0.25, 0.3) is 11.0 Å². The predicted octanol–water partition coefficient (Wildman–Crippen LogP) is 3.65. The molecule has 0 saturated carbocycles. The maximum Gasteiger partial charge on any atom is 0.262 e. The molecule has 3 aromatic rings. The van der Waals surface area contributed by atoms with Crippen LogP contribution in [-0.2, 0) is 4.79 Å². The predicted molar refractivity (Wildman–Crippen MR) is 98.0 cm³/mol. The molecule has 2 aromatic heterocycles. The first kappa shape index (κ1) is 17.0. The SMILES string of the molecule is Cc1cccc(C)c1OCC(=O)Nc1cnc2c(cnn2C(C)C)c1. The fourth-order valence-corrected chi connectivity index (χ4v) is 2.75. The number of ether oxygens (including phenoxy) is 1. The summed E-state index contributed by atoms with van der Waals surface area (Å²) in [7, 11) is 0. The highest BCUT2D eigenvalue weighted by molar-refractivity contribution is 5.93. The Morgan fingerprint density at radius 3 is 2.64 bits per heavy atom. The maximum absolute atomic E-state index is 12.2. The second kappa shape index (κ2) is 6.93. The molecule has 6 nitrogen and oxygen atoms in total. The van der Waals surface area contributed by atoms with Gasteiger partial charge in [-0.15, -0.1) is 0 Å². The van der Waals surface area contributed by atoms with Crippen LogP contribution < -0.4 is 10.1 Å². The second-order valence-electron chi connectivity index (χ2n) is 6.38. The fourth-order valence-electron chi connectivity index (χ4n) is 2.75. The zero-order valence-electron chi connectivity index (χ0n) is 14.9. The molecule has 0 aliphatic rings. The first-order chi connectivity index (χ1) is 12.0. The number of pyridine rings is 1. The molecule has 0 saturated heterocycles. The Morgan fingerprint density at radius 1 is 1.24 bits per heavy atom. The molecular weight excluding hydrogens is 316 g/mol. The third-order valence-electron chi connectivity index (χ3n) is 3.96. The van der Waals surface area contributed by atoms with Gasteiger partial charge < -0.3 is 10.1 Å². The van der Waals surface area contributed by atoms with Crippen LogP contribution in [0.15, 0.2) is 36.7 Å². The highest BCUT2D eigenvalue weighted by Crippen LogP contribution is 2.22. The summed E-state index contributed by atoms with van der Waals surface area (Å²) >= 11 is 0. The van der Waals surface area contributed by atoms with Crippen molar-refractivity contribution < 1.29 is 9.53 Å². The Balaban J connectivity index is 1.68. The number of para-hydroxylation sites is 1. The molecule has 0 radical (unpaired) electrons. The molecule has 0 fully saturated rings. The van der Waals surface area contributed by atoms with Gasteiger partial charge in [-0.05, 0) is 44.9 Å². The average molecular weight is 338 g/mol. The number of anilines is 1. The molecule has 0 spiro atoms.